The van der Waals surface area contributed by atoms with Crippen LogP contribution in [0, 0.1) is 0 Å². The molecule has 1 aliphatic rings. The summed E-state index contributed by atoms with van der Waals surface area (Å²) in [5.41, 5.74) is 2.61. The molecule has 1 aromatic heterocycles. The number of nitrogens with zero attached hydrogens (tertiary/aromatic N) is 1. The average Bonchev–Trinajstić information content (AvgIpc) is 3.09. The number of anilines is 1. The monoisotopic (exact) mass is 294 g/mol. The van der Waals surface area contributed by atoms with Gasteiger partial charge in [0.15, 0.2) is 17.2 Å². The molecular formula is C17H14N2O3. The van der Waals surface area contributed by atoms with Crippen LogP contribution < -0.4 is 10.1 Å². The lowest BCUT2D eigenvalue weighted by molar-refractivity contribution is 0.457. The van der Waals surface area contributed by atoms with Gasteiger partial charge in [0.25, 0.3) is 0 Å². The number of para-hydroxylation sites is 4. The molecule has 0 spiro atoms. The van der Waals surface area contributed by atoms with Crippen LogP contribution in [0.2, 0.25) is 0 Å². The van der Waals surface area contributed by atoms with Crippen LogP contribution in [0.25, 0.3) is 17.2 Å². The largest absolute Gasteiger partial charge is 0.439 e. The van der Waals surface area contributed by atoms with Crippen molar-refractivity contribution in [3.8, 4) is 5.75 Å². The number of aromatic nitrogens is 1. The van der Waals surface area contributed by atoms with Crippen LogP contribution in [0.3, 0.4) is 0 Å². The summed E-state index contributed by atoms with van der Waals surface area (Å²) >= 11 is 0. The van der Waals surface area contributed by atoms with Gasteiger partial charge in [-0.1, -0.05) is 30.3 Å². The minimum atomic E-state index is 0. The molecule has 4 rings (SSSR count). The number of fused-ring (bicyclic) bond motifs is 2. The Balaban J connectivity index is 0.00000144. The maximum Gasteiger partial charge on any atom is 0.219 e. The van der Waals surface area contributed by atoms with E-state index in [1.54, 1.807) is 6.08 Å². The molecular weight excluding hydrogens is 280 g/mol. The zero-order valence-corrected chi connectivity index (χ0v) is 11.6. The highest BCUT2D eigenvalue weighted by atomic mass is 16.5. The van der Waals surface area contributed by atoms with Crippen LogP contribution in [0.15, 0.2) is 71.0 Å². The van der Waals surface area contributed by atoms with Gasteiger partial charge in [-0.05, 0) is 30.3 Å². The zero-order chi connectivity index (χ0) is 14.1. The van der Waals surface area contributed by atoms with E-state index in [1.807, 2.05) is 60.7 Å². The third kappa shape index (κ3) is 2.57. The molecule has 0 aliphatic carbocycles. The van der Waals surface area contributed by atoms with Crippen LogP contribution in [-0.2, 0) is 0 Å². The molecule has 0 saturated carbocycles. The maximum atomic E-state index is 5.65. The van der Waals surface area contributed by atoms with Gasteiger partial charge in [-0.2, -0.15) is 0 Å². The fourth-order valence-electron chi connectivity index (χ4n) is 2.19. The van der Waals surface area contributed by atoms with E-state index in [0.717, 1.165) is 22.5 Å². The third-order valence-corrected chi connectivity index (χ3v) is 3.16. The number of hydrogen-bond donors (Lipinski definition) is 1. The highest BCUT2D eigenvalue weighted by Crippen LogP contribution is 2.32. The first-order chi connectivity index (χ1) is 10.4. The average molecular weight is 294 g/mol. The summed E-state index contributed by atoms with van der Waals surface area (Å²) < 4.78 is 11.3. The van der Waals surface area contributed by atoms with Crippen LogP contribution in [0.5, 0.6) is 5.75 Å². The predicted octanol–water partition coefficient (Wildman–Crippen LogP) is 3.36. The van der Waals surface area contributed by atoms with E-state index in [2.05, 4.69) is 10.3 Å². The first-order valence-electron chi connectivity index (χ1n) is 6.66. The molecule has 0 unspecified atom stereocenters. The molecule has 22 heavy (non-hydrogen) atoms. The Labute approximate surface area is 126 Å². The summed E-state index contributed by atoms with van der Waals surface area (Å²) in [6.45, 7) is 0. The Bertz CT molecular complexity index is 805. The van der Waals surface area contributed by atoms with Crippen molar-refractivity contribution in [2.45, 2.75) is 0 Å². The first-order valence-corrected chi connectivity index (χ1v) is 6.66. The summed E-state index contributed by atoms with van der Waals surface area (Å²) in [6.07, 6.45) is 5.49. The second-order valence-corrected chi connectivity index (χ2v) is 4.63. The van der Waals surface area contributed by atoms with Gasteiger partial charge in [-0.3, -0.25) is 0 Å². The highest BCUT2D eigenvalue weighted by Gasteiger charge is 2.13. The standard InChI is InChI=1S/C17H12N2O2.H2O/c1-3-8-14-12(6-1)18-16(20-14)10-5-11-17-19-13-7-2-4-9-15(13)21-17;/h1-11,18H;1H2. The van der Waals surface area contributed by atoms with E-state index in [1.165, 1.54) is 0 Å². The quantitative estimate of drug-likeness (QED) is 0.786. The zero-order valence-electron chi connectivity index (χ0n) is 11.6. The van der Waals surface area contributed by atoms with Crippen LogP contribution in [-0.4, -0.2) is 10.5 Å². The Morgan fingerprint density at radius 2 is 1.82 bits per heavy atom. The predicted molar refractivity (Wildman–Crippen MR) is 85.4 cm³/mol. The Morgan fingerprint density at radius 1 is 1.00 bits per heavy atom. The van der Waals surface area contributed by atoms with Gasteiger partial charge in [-0.25, -0.2) is 4.98 Å². The lowest BCUT2D eigenvalue weighted by Crippen LogP contribution is -1.95. The van der Waals surface area contributed by atoms with Gasteiger partial charge in [-0.15, -0.1) is 0 Å². The van der Waals surface area contributed by atoms with Crippen LogP contribution in [0.1, 0.15) is 5.89 Å². The van der Waals surface area contributed by atoms with Gasteiger partial charge >= 0.3 is 0 Å². The first kappa shape index (κ1) is 13.9. The summed E-state index contributed by atoms with van der Waals surface area (Å²) in [5, 5.41) is 3.18. The van der Waals surface area contributed by atoms with Gasteiger partial charge in [0.05, 0.1) is 5.69 Å². The molecule has 3 N–H and O–H groups in total. The summed E-state index contributed by atoms with van der Waals surface area (Å²) in [4.78, 5) is 4.37. The van der Waals surface area contributed by atoms with Crippen molar-refractivity contribution in [3.63, 3.8) is 0 Å². The third-order valence-electron chi connectivity index (χ3n) is 3.16. The van der Waals surface area contributed by atoms with E-state index in [-0.39, 0.29) is 5.48 Å². The molecule has 0 radical (unpaired) electrons. The van der Waals surface area contributed by atoms with Crippen molar-refractivity contribution in [2.75, 3.05) is 5.32 Å². The van der Waals surface area contributed by atoms with Gasteiger partial charge < -0.3 is 19.9 Å². The summed E-state index contributed by atoms with van der Waals surface area (Å²) in [6, 6.07) is 15.5. The number of nitrogens with one attached hydrogen (secondary N) is 1. The lowest BCUT2D eigenvalue weighted by Gasteiger charge is -1.94. The second-order valence-electron chi connectivity index (χ2n) is 4.63. The number of ether oxygens (including phenoxy) is 1. The molecule has 2 aromatic carbocycles. The normalized spacial score (nSPS) is 14.6. The molecule has 0 saturated heterocycles. The Morgan fingerprint density at radius 3 is 2.68 bits per heavy atom. The number of oxazole rings is 1. The van der Waals surface area contributed by atoms with E-state index in [0.29, 0.717) is 11.8 Å². The van der Waals surface area contributed by atoms with E-state index >= 15 is 0 Å². The smallest absolute Gasteiger partial charge is 0.219 e. The summed E-state index contributed by atoms with van der Waals surface area (Å²) in [5.74, 6) is 2.09. The Kier molecular flexibility index (Phi) is 3.64. The number of benzene rings is 2. The second kappa shape index (κ2) is 5.75. The fraction of sp³-hybridized carbons (Fsp3) is 0. The number of allylic oxidation sites excluding steroid dienone is 2. The van der Waals surface area contributed by atoms with Crippen molar-refractivity contribution < 1.29 is 14.6 Å². The minimum Gasteiger partial charge on any atom is -0.439 e. The number of rotatable bonds is 2. The minimum absolute atomic E-state index is 0. The molecule has 1 aliphatic heterocycles. The van der Waals surface area contributed by atoms with Crippen molar-refractivity contribution in [3.05, 3.63) is 72.5 Å². The van der Waals surface area contributed by atoms with Gasteiger partial charge in [0, 0.05) is 6.08 Å². The van der Waals surface area contributed by atoms with E-state index in [4.69, 9.17) is 9.15 Å². The molecule has 5 nitrogen and oxygen atoms in total. The SMILES string of the molecule is C(=Cc1nc2ccccc2o1)C=C1Nc2ccccc2O1.O. The fourth-order valence-corrected chi connectivity index (χ4v) is 2.19. The van der Waals surface area contributed by atoms with Crippen molar-refractivity contribution in [1.82, 2.24) is 4.98 Å². The highest BCUT2D eigenvalue weighted by molar-refractivity contribution is 5.73. The molecule has 2 heterocycles. The summed E-state index contributed by atoms with van der Waals surface area (Å²) in [7, 11) is 0. The molecule has 3 aromatic rings. The van der Waals surface area contributed by atoms with Gasteiger partial charge in [0.1, 0.15) is 5.52 Å². The lowest BCUT2D eigenvalue weighted by atomic mass is 10.3. The van der Waals surface area contributed by atoms with Crippen molar-refractivity contribution >= 4 is 22.9 Å². The van der Waals surface area contributed by atoms with Crippen molar-refractivity contribution in [2.24, 2.45) is 0 Å². The van der Waals surface area contributed by atoms with Gasteiger partial charge in [0.2, 0.25) is 5.89 Å². The topological polar surface area (TPSA) is 78.8 Å². The van der Waals surface area contributed by atoms with Crippen molar-refractivity contribution in [1.29, 1.82) is 0 Å². The molecule has 110 valence electrons. The van der Waals surface area contributed by atoms with E-state index in [9.17, 15) is 0 Å². The molecule has 0 fully saturated rings. The molecule has 0 bridgehead atoms. The molecule has 0 amide bonds. The van der Waals surface area contributed by atoms with E-state index < -0.39 is 0 Å². The number of hydrogen-bond acceptors (Lipinski definition) is 4. The Hall–Kier alpha value is -3.05. The van der Waals surface area contributed by atoms with Crippen LogP contribution in [0.4, 0.5) is 5.69 Å². The van der Waals surface area contributed by atoms with Crippen LogP contribution >= 0.6 is 0 Å². The molecule has 5 heteroatoms. The molecule has 0 atom stereocenters. The maximum absolute atomic E-state index is 5.65.